The van der Waals surface area contributed by atoms with Crippen LogP contribution >= 0.6 is 23.1 Å². The second-order valence-corrected chi connectivity index (χ2v) is 10.4. The molecule has 0 radical (unpaired) electrons. The molecule has 0 aliphatic carbocycles. The van der Waals surface area contributed by atoms with Crippen LogP contribution in [0, 0.1) is 11.3 Å². The average Bonchev–Trinajstić information content (AvgIpc) is 3.32. The molecule has 0 fully saturated rings. The predicted octanol–water partition coefficient (Wildman–Crippen LogP) is 6.70. The lowest BCUT2D eigenvalue weighted by atomic mass is 10.0. The molecule has 2 aromatic heterocycles. The molecular formula is C28H22N4O2S2. The summed E-state index contributed by atoms with van der Waals surface area (Å²) in [5.74, 6) is 0.149. The van der Waals surface area contributed by atoms with Gasteiger partial charge in [0.15, 0.2) is 5.16 Å². The van der Waals surface area contributed by atoms with Gasteiger partial charge >= 0.3 is 0 Å². The van der Waals surface area contributed by atoms with Crippen molar-refractivity contribution >= 4 is 49.8 Å². The number of aliphatic hydroxyl groups excluding tert-OH is 1. The molecule has 0 aliphatic rings. The van der Waals surface area contributed by atoms with Crippen LogP contribution in [0.15, 0.2) is 88.5 Å². The van der Waals surface area contributed by atoms with Crippen molar-refractivity contribution in [1.29, 1.82) is 5.26 Å². The van der Waals surface area contributed by atoms with E-state index >= 15 is 0 Å². The second-order valence-electron chi connectivity index (χ2n) is 8.47. The Hall–Kier alpha value is -3.93. The molecule has 3 aromatic carbocycles. The van der Waals surface area contributed by atoms with Gasteiger partial charge in [-0.3, -0.25) is 9.36 Å². The monoisotopic (exact) mass is 510 g/mol. The van der Waals surface area contributed by atoms with Crippen LogP contribution in [0.25, 0.3) is 32.4 Å². The molecule has 0 saturated carbocycles. The number of nitriles is 1. The first-order chi connectivity index (χ1) is 17.5. The number of rotatable bonds is 6. The third-order valence-electron chi connectivity index (χ3n) is 5.79. The Labute approximate surface area is 216 Å². The zero-order chi connectivity index (χ0) is 25.2. The lowest BCUT2D eigenvalue weighted by molar-refractivity contribution is 0.420. The van der Waals surface area contributed by atoms with E-state index in [4.69, 9.17) is 4.98 Å². The normalized spacial score (nSPS) is 12.2. The smallest absolute Gasteiger partial charge is 0.266 e. The van der Waals surface area contributed by atoms with Gasteiger partial charge in [-0.2, -0.15) is 5.26 Å². The lowest BCUT2D eigenvalue weighted by Gasteiger charge is -2.18. The van der Waals surface area contributed by atoms with Crippen molar-refractivity contribution in [2.24, 2.45) is 0 Å². The summed E-state index contributed by atoms with van der Waals surface area (Å²) in [5.41, 5.74) is 3.09. The first-order valence-electron chi connectivity index (χ1n) is 11.4. The Balaban J connectivity index is 1.60. The van der Waals surface area contributed by atoms with Gasteiger partial charge in [0.25, 0.3) is 5.56 Å². The summed E-state index contributed by atoms with van der Waals surface area (Å²) < 4.78 is 2.55. The van der Waals surface area contributed by atoms with Crippen molar-refractivity contribution in [3.63, 3.8) is 0 Å². The first kappa shape index (κ1) is 23.8. The number of allylic oxidation sites excluding steroid dienone is 1. The quantitative estimate of drug-likeness (QED) is 0.118. The molecule has 8 heteroatoms. The highest BCUT2D eigenvalue weighted by Crippen LogP contribution is 2.31. The van der Waals surface area contributed by atoms with Crippen molar-refractivity contribution in [3.8, 4) is 11.8 Å². The molecule has 1 N–H and O–H groups in total. The summed E-state index contributed by atoms with van der Waals surface area (Å²) in [6, 6.07) is 24.7. The van der Waals surface area contributed by atoms with Gasteiger partial charge in [0.1, 0.15) is 22.4 Å². The van der Waals surface area contributed by atoms with Gasteiger partial charge in [-0.25, -0.2) is 9.97 Å². The number of aliphatic hydroxyl groups is 1. The van der Waals surface area contributed by atoms with Crippen LogP contribution in [0.3, 0.4) is 0 Å². The fourth-order valence-corrected chi connectivity index (χ4v) is 5.89. The van der Waals surface area contributed by atoms with Gasteiger partial charge in [-0.15, -0.1) is 11.3 Å². The summed E-state index contributed by atoms with van der Waals surface area (Å²) in [6.45, 7) is 4.16. The minimum Gasteiger partial charge on any atom is -0.510 e. The molecule has 5 rings (SSSR count). The van der Waals surface area contributed by atoms with E-state index in [2.05, 4.69) is 24.9 Å². The van der Waals surface area contributed by atoms with E-state index in [0.717, 1.165) is 21.5 Å². The topological polar surface area (TPSA) is 91.8 Å². The first-order valence-corrected chi connectivity index (χ1v) is 13.2. The van der Waals surface area contributed by atoms with Crippen LogP contribution in [0.1, 0.15) is 30.3 Å². The van der Waals surface area contributed by atoms with Gasteiger partial charge in [-0.05, 0) is 41.8 Å². The zero-order valence-corrected chi connectivity index (χ0v) is 21.3. The maximum atomic E-state index is 13.7. The molecule has 0 aliphatic heterocycles. The molecule has 0 atom stereocenters. The van der Waals surface area contributed by atoms with E-state index in [1.54, 1.807) is 16.7 Å². The van der Waals surface area contributed by atoms with Crippen LogP contribution in [0.5, 0.6) is 0 Å². The fraction of sp³-hybridized carbons (Fsp3) is 0.143. The molecule has 6 nitrogen and oxygen atoms in total. The average molecular weight is 511 g/mol. The Bertz CT molecular complexity index is 1690. The number of para-hydroxylation sites is 3. The molecule has 178 valence electrons. The zero-order valence-electron chi connectivity index (χ0n) is 19.7. The van der Waals surface area contributed by atoms with E-state index in [-0.39, 0.29) is 28.6 Å². The van der Waals surface area contributed by atoms with Gasteiger partial charge in [0, 0.05) is 0 Å². The van der Waals surface area contributed by atoms with E-state index < -0.39 is 0 Å². The molecule has 36 heavy (non-hydrogen) atoms. The molecule has 0 bridgehead atoms. The summed E-state index contributed by atoms with van der Waals surface area (Å²) in [6.07, 6.45) is 0. The number of nitrogens with zero attached hydrogens (tertiary/aromatic N) is 4. The highest BCUT2D eigenvalue weighted by atomic mass is 32.2. The predicted molar refractivity (Wildman–Crippen MR) is 147 cm³/mol. The van der Waals surface area contributed by atoms with Crippen LogP contribution in [0.4, 0.5) is 0 Å². The van der Waals surface area contributed by atoms with E-state index in [0.29, 0.717) is 21.1 Å². The highest BCUT2D eigenvalue weighted by molar-refractivity contribution is 7.99. The minimum absolute atomic E-state index is 0.0629. The Kier molecular flexibility index (Phi) is 6.59. The number of hydrogen-bond acceptors (Lipinski definition) is 7. The number of hydrogen-bond donors (Lipinski definition) is 1. The molecule has 0 amide bonds. The summed E-state index contributed by atoms with van der Waals surface area (Å²) in [4.78, 5) is 22.9. The Morgan fingerprint density at radius 1 is 1.03 bits per heavy atom. The largest absolute Gasteiger partial charge is 0.510 e. The Morgan fingerprint density at radius 3 is 2.47 bits per heavy atom. The lowest BCUT2D eigenvalue weighted by Crippen LogP contribution is -2.23. The fourth-order valence-electron chi connectivity index (χ4n) is 4.02. The van der Waals surface area contributed by atoms with Gasteiger partial charge in [0.2, 0.25) is 0 Å². The molecule has 0 spiro atoms. The van der Waals surface area contributed by atoms with E-state index in [9.17, 15) is 15.2 Å². The number of aromatic nitrogens is 3. The maximum Gasteiger partial charge on any atom is 0.266 e. The van der Waals surface area contributed by atoms with Crippen molar-refractivity contribution in [3.05, 3.63) is 99.5 Å². The van der Waals surface area contributed by atoms with Crippen molar-refractivity contribution < 1.29 is 5.11 Å². The van der Waals surface area contributed by atoms with Crippen LogP contribution < -0.4 is 5.56 Å². The molecule has 5 aromatic rings. The Morgan fingerprint density at radius 2 is 1.72 bits per heavy atom. The number of fused-ring (bicyclic) bond motifs is 2. The number of benzene rings is 3. The van der Waals surface area contributed by atoms with Gasteiger partial charge < -0.3 is 5.11 Å². The SMILES string of the molecule is CC(C)c1ccccc1-n1c(SC/C(O)=C(\C#N)c2nc3ccccc3s2)nc2ccccc2c1=O. The number of thiazole rings is 1. The maximum absolute atomic E-state index is 13.7. The van der Waals surface area contributed by atoms with Crippen LogP contribution in [0.2, 0.25) is 0 Å². The molecule has 0 unspecified atom stereocenters. The second kappa shape index (κ2) is 9.97. The van der Waals surface area contributed by atoms with Crippen LogP contribution in [-0.2, 0) is 0 Å². The summed E-state index contributed by atoms with van der Waals surface area (Å²) in [7, 11) is 0. The standard InChI is InChI=1S/C28H22N4O2S2/c1-17(2)18-9-4-7-13-23(18)32-27(34)19-10-3-5-11-21(19)31-28(32)35-16-24(33)20(15-29)26-30-22-12-6-8-14-25(22)36-26/h3-14,17,33H,16H2,1-2H3/b24-20-. The molecule has 2 heterocycles. The van der Waals surface area contributed by atoms with Crippen molar-refractivity contribution in [2.45, 2.75) is 24.9 Å². The van der Waals surface area contributed by atoms with Gasteiger partial charge in [-0.1, -0.05) is 68.1 Å². The van der Waals surface area contributed by atoms with E-state index in [1.165, 1.54) is 23.1 Å². The minimum atomic E-state index is -0.175. The molecular weight excluding hydrogens is 488 g/mol. The highest BCUT2D eigenvalue weighted by Gasteiger charge is 2.19. The summed E-state index contributed by atoms with van der Waals surface area (Å²) >= 11 is 2.57. The summed E-state index contributed by atoms with van der Waals surface area (Å²) in [5, 5.41) is 22.2. The third kappa shape index (κ3) is 4.39. The molecule has 0 saturated heterocycles. The van der Waals surface area contributed by atoms with E-state index in [1.807, 2.05) is 60.7 Å². The van der Waals surface area contributed by atoms with Crippen LogP contribution in [-0.4, -0.2) is 25.4 Å². The van der Waals surface area contributed by atoms with Crippen molar-refractivity contribution in [1.82, 2.24) is 14.5 Å². The number of thioether (sulfide) groups is 1. The van der Waals surface area contributed by atoms with Crippen molar-refractivity contribution in [2.75, 3.05) is 5.75 Å². The van der Waals surface area contributed by atoms with Gasteiger partial charge in [0.05, 0.1) is 32.6 Å². The third-order valence-corrected chi connectivity index (χ3v) is 7.79.